The van der Waals surface area contributed by atoms with Crippen molar-refractivity contribution in [1.82, 2.24) is 4.90 Å². The molecule has 0 saturated heterocycles. The minimum atomic E-state index is -0.848. The number of hydrogen-bond donors (Lipinski definition) is 0. The van der Waals surface area contributed by atoms with Crippen LogP contribution in [0.15, 0.2) is 4.99 Å². The summed E-state index contributed by atoms with van der Waals surface area (Å²) in [5.41, 5.74) is 0. The van der Waals surface area contributed by atoms with Crippen molar-refractivity contribution in [1.29, 1.82) is 0 Å². The maximum atomic E-state index is 5.31. The fraction of sp³-hybridized carbons (Fsp3) is 0.950. The molecule has 1 heterocycles. The minimum Gasteiger partial charge on any atom is -0.359 e. The van der Waals surface area contributed by atoms with E-state index in [9.17, 15) is 0 Å². The second-order valence-electron chi connectivity index (χ2n) is 7.00. The summed E-state index contributed by atoms with van der Waals surface area (Å²) in [5, 5.41) is 0. The molecule has 0 aromatic rings. The quantitative estimate of drug-likeness (QED) is 0.299. The molecule has 0 spiro atoms. The Bertz CT molecular complexity index is 349. The van der Waals surface area contributed by atoms with Gasteiger partial charge in [-0.25, -0.2) is 0 Å². The number of unbranched alkanes of at least 4 members (excludes halogenated alkanes) is 9. The summed E-state index contributed by atoms with van der Waals surface area (Å²) in [6, 6.07) is 0. The van der Waals surface area contributed by atoms with Crippen LogP contribution in [0.5, 0.6) is 0 Å². The predicted molar refractivity (Wildman–Crippen MR) is 104 cm³/mol. The number of amidine groups is 1. The largest absolute Gasteiger partial charge is 0.359 e. The second-order valence-corrected chi connectivity index (χ2v) is 7.00. The van der Waals surface area contributed by atoms with Crippen LogP contribution in [-0.4, -0.2) is 57.7 Å². The van der Waals surface area contributed by atoms with Crippen molar-refractivity contribution < 1.29 is 14.2 Å². The fourth-order valence-corrected chi connectivity index (χ4v) is 3.48. The summed E-state index contributed by atoms with van der Waals surface area (Å²) in [6.07, 6.45) is 13.9. The normalized spacial score (nSPS) is 15.0. The van der Waals surface area contributed by atoms with Crippen molar-refractivity contribution in [2.45, 2.75) is 83.5 Å². The molecule has 0 unspecified atom stereocenters. The number of hydrogen-bond acceptors (Lipinski definition) is 5. The molecule has 0 atom stereocenters. The molecule has 25 heavy (non-hydrogen) atoms. The number of ether oxygens (including phenoxy) is 3. The van der Waals surface area contributed by atoms with Gasteiger partial charge < -0.3 is 19.1 Å². The van der Waals surface area contributed by atoms with Gasteiger partial charge >= 0.3 is 0 Å². The Labute approximate surface area is 155 Å². The minimum absolute atomic E-state index is 0.789. The highest BCUT2D eigenvalue weighted by Crippen LogP contribution is 2.21. The van der Waals surface area contributed by atoms with E-state index in [1.165, 1.54) is 70.2 Å². The third-order valence-electron chi connectivity index (χ3n) is 5.26. The molecule has 0 fully saturated rings. The van der Waals surface area contributed by atoms with Gasteiger partial charge in [-0.3, -0.25) is 4.99 Å². The van der Waals surface area contributed by atoms with Gasteiger partial charge in [-0.05, 0) is 19.8 Å². The number of nitrogens with zero attached hydrogens (tertiary/aromatic N) is 2. The van der Waals surface area contributed by atoms with Crippen LogP contribution in [0.25, 0.3) is 0 Å². The van der Waals surface area contributed by atoms with Crippen LogP contribution in [0.2, 0.25) is 0 Å². The third kappa shape index (κ3) is 9.02. The smallest absolute Gasteiger partial charge is 0.282 e. The van der Waals surface area contributed by atoms with E-state index in [1.54, 1.807) is 21.3 Å². The zero-order valence-electron chi connectivity index (χ0n) is 17.0. The van der Waals surface area contributed by atoms with E-state index < -0.39 is 5.97 Å². The second kappa shape index (κ2) is 13.5. The number of aliphatic imine (C=N–C) groups is 1. The standard InChI is InChI=1S/C20H40N2O3/c1-19-21-16-18-22(19)17-14-12-10-8-6-5-7-9-11-13-15-20(23-2,24-3)25-4/h5-18H2,1-4H3. The highest BCUT2D eigenvalue weighted by atomic mass is 16.9. The van der Waals surface area contributed by atoms with Gasteiger partial charge in [0.15, 0.2) is 0 Å². The van der Waals surface area contributed by atoms with Crippen LogP contribution in [0.3, 0.4) is 0 Å². The molecule has 1 aliphatic heterocycles. The molecule has 0 saturated carbocycles. The van der Waals surface area contributed by atoms with E-state index in [4.69, 9.17) is 14.2 Å². The molecule has 148 valence electrons. The molecular weight excluding hydrogens is 316 g/mol. The van der Waals surface area contributed by atoms with Crippen molar-refractivity contribution in [3.63, 3.8) is 0 Å². The van der Waals surface area contributed by atoms with Crippen molar-refractivity contribution >= 4 is 5.84 Å². The van der Waals surface area contributed by atoms with Crippen molar-refractivity contribution in [3.8, 4) is 0 Å². The third-order valence-corrected chi connectivity index (χ3v) is 5.26. The zero-order valence-corrected chi connectivity index (χ0v) is 17.0. The SMILES string of the molecule is COC(CCCCCCCCCCCCN1CCN=C1C)(OC)OC. The van der Waals surface area contributed by atoms with Crippen LogP contribution >= 0.6 is 0 Å². The summed E-state index contributed by atoms with van der Waals surface area (Å²) in [7, 11) is 4.90. The molecular formula is C20H40N2O3. The number of methoxy groups -OCH3 is 3. The molecule has 0 radical (unpaired) electrons. The monoisotopic (exact) mass is 356 g/mol. The highest BCUT2D eigenvalue weighted by molar-refractivity contribution is 5.81. The zero-order chi connectivity index (χ0) is 18.4. The molecule has 0 aromatic carbocycles. The lowest BCUT2D eigenvalue weighted by atomic mass is 10.1. The van der Waals surface area contributed by atoms with Gasteiger partial charge in [-0.2, -0.15) is 0 Å². The van der Waals surface area contributed by atoms with Gasteiger partial charge in [0.2, 0.25) is 0 Å². The average molecular weight is 357 g/mol. The van der Waals surface area contributed by atoms with E-state index in [-0.39, 0.29) is 0 Å². The first kappa shape index (κ1) is 22.4. The summed E-state index contributed by atoms with van der Waals surface area (Å²) in [5.74, 6) is 0.387. The number of rotatable bonds is 16. The highest BCUT2D eigenvalue weighted by Gasteiger charge is 2.28. The maximum absolute atomic E-state index is 5.31. The van der Waals surface area contributed by atoms with Crippen LogP contribution < -0.4 is 0 Å². The van der Waals surface area contributed by atoms with E-state index in [1.807, 2.05) is 0 Å². The Morgan fingerprint density at radius 1 is 0.800 bits per heavy atom. The first-order valence-corrected chi connectivity index (χ1v) is 10.1. The van der Waals surface area contributed by atoms with E-state index in [0.29, 0.717) is 0 Å². The topological polar surface area (TPSA) is 43.3 Å². The lowest BCUT2D eigenvalue weighted by molar-refractivity contribution is -0.355. The molecule has 1 rings (SSSR count). The fourth-order valence-electron chi connectivity index (χ4n) is 3.48. The Morgan fingerprint density at radius 2 is 1.28 bits per heavy atom. The predicted octanol–water partition coefficient (Wildman–Crippen LogP) is 4.60. The summed E-state index contributed by atoms with van der Waals surface area (Å²) >= 11 is 0. The van der Waals surface area contributed by atoms with Gasteiger partial charge in [0, 0.05) is 40.8 Å². The Morgan fingerprint density at radius 3 is 1.72 bits per heavy atom. The molecule has 0 bridgehead atoms. The van der Waals surface area contributed by atoms with Crippen LogP contribution in [0, 0.1) is 0 Å². The molecule has 5 heteroatoms. The Balaban J connectivity index is 1.83. The molecule has 0 N–H and O–H groups in total. The van der Waals surface area contributed by atoms with E-state index in [2.05, 4.69) is 16.8 Å². The van der Waals surface area contributed by atoms with E-state index >= 15 is 0 Å². The van der Waals surface area contributed by atoms with Crippen LogP contribution in [0.4, 0.5) is 0 Å². The maximum Gasteiger partial charge on any atom is 0.282 e. The van der Waals surface area contributed by atoms with E-state index in [0.717, 1.165) is 25.9 Å². The Kier molecular flexibility index (Phi) is 12.1. The van der Waals surface area contributed by atoms with Gasteiger partial charge in [0.25, 0.3) is 5.97 Å². The lowest BCUT2D eigenvalue weighted by Crippen LogP contribution is -2.35. The molecule has 0 amide bonds. The van der Waals surface area contributed by atoms with Gasteiger partial charge in [0.05, 0.1) is 12.4 Å². The molecule has 1 aliphatic rings. The van der Waals surface area contributed by atoms with Gasteiger partial charge in [-0.15, -0.1) is 0 Å². The van der Waals surface area contributed by atoms with Crippen LogP contribution in [-0.2, 0) is 14.2 Å². The van der Waals surface area contributed by atoms with Crippen molar-refractivity contribution in [2.75, 3.05) is 41.0 Å². The molecule has 0 aliphatic carbocycles. The first-order chi connectivity index (χ1) is 12.2. The summed E-state index contributed by atoms with van der Waals surface area (Å²) in [6.45, 7) is 5.45. The average Bonchev–Trinajstić information content (AvgIpc) is 3.05. The van der Waals surface area contributed by atoms with Crippen molar-refractivity contribution in [2.24, 2.45) is 4.99 Å². The summed E-state index contributed by atoms with van der Waals surface area (Å²) in [4.78, 5) is 6.86. The molecule has 0 aromatic heterocycles. The lowest BCUT2D eigenvalue weighted by Gasteiger charge is -2.28. The van der Waals surface area contributed by atoms with Crippen molar-refractivity contribution in [3.05, 3.63) is 0 Å². The Hall–Kier alpha value is -0.650. The summed E-state index contributed by atoms with van der Waals surface area (Å²) < 4.78 is 15.9. The van der Waals surface area contributed by atoms with Gasteiger partial charge in [-0.1, -0.05) is 51.4 Å². The first-order valence-electron chi connectivity index (χ1n) is 10.1. The van der Waals surface area contributed by atoms with Gasteiger partial charge in [0.1, 0.15) is 0 Å². The molecule has 5 nitrogen and oxygen atoms in total. The van der Waals surface area contributed by atoms with Crippen LogP contribution in [0.1, 0.15) is 77.6 Å².